The Hall–Kier alpha value is -1.59. The fourth-order valence-electron chi connectivity index (χ4n) is 3.26. The average molecular weight is 351 g/mol. The van der Waals surface area contributed by atoms with Crippen LogP contribution in [0.5, 0.6) is 0 Å². The van der Waals surface area contributed by atoms with Gasteiger partial charge in [-0.25, -0.2) is 0 Å². The van der Waals surface area contributed by atoms with E-state index in [9.17, 15) is 4.79 Å². The molecule has 0 unspecified atom stereocenters. The van der Waals surface area contributed by atoms with Gasteiger partial charge in [-0.05, 0) is 70.3 Å². The molecule has 0 atom stereocenters. The van der Waals surface area contributed by atoms with Gasteiger partial charge in [0, 0.05) is 23.5 Å². The molecule has 24 heavy (non-hydrogen) atoms. The average Bonchev–Trinajstić information content (AvgIpc) is 2.97. The number of aromatic nitrogens is 2. The van der Waals surface area contributed by atoms with Crippen LogP contribution in [0.15, 0.2) is 24.4 Å². The zero-order valence-corrected chi connectivity index (χ0v) is 15.2. The molecule has 5 nitrogen and oxygen atoms in total. The molecule has 1 aromatic heterocycles. The Morgan fingerprint density at radius 2 is 2.12 bits per heavy atom. The molecule has 0 bridgehead atoms. The quantitative estimate of drug-likeness (QED) is 0.863. The van der Waals surface area contributed by atoms with Gasteiger partial charge in [0.25, 0.3) is 0 Å². The first-order chi connectivity index (χ1) is 11.1. The fraction of sp³-hybridized carbons (Fsp3) is 0.556. The number of anilines is 1. The van der Waals surface area contributed by atoms with Crippen molar-refractivity contribution < 1.29 is 4.79 Å². The van der Waals surface area contributed by atoms with Gasteiger partial charge in [0.1, 0.15) is 0 Å². The van der Waals surface area contributed by atoms with E-state index in [4.69, 9.17) is 0 Å². The van der Waals surface area contributed by atoms with Crippen LogP contribution >= 0.6 is 12.4 Å². The number of carbonyl (C=O) groups excluding carboxylic acids is 1. The highest BCUT2D eigenvalue weighted by molar-refractivity contribution is 5.93. The summed E-state index contributed by atoms with van der Waals surface area (Å²) in [6.07, 6.45) is 5.84. The van der Waals surface area contributed by atoms with Gasteiger partial charge in [0.15, 0.2) is 0 Å². The summed E-state index contributed by atoms with van der Waals surface area (Å²) in [4.78, 5) is 12.2. The van der Waals surface area contributed by atoms with Crippen LogP contribution in [0.3, 0.4) is 0 Å². The van der Waals surface area contributed by atoms with Gasteiger partial charge in [-0.2, -0.15) is 5.10 Å². The van der Waals surface area contributed by atoms with Crippen molar-refractivity contribution in [3.05, 3.63) is 24.4 Å². The third-order valence-electron chi connectivity index (χ3n) is 4.61. The highest BCUT2D eigenvalue weighted by Crippen LogP contribution is 2.22. The Balaban J connectivity index is 0.00000208. The molecule has 0 spiro atoms. The van der Waals surface area contributed by atoms with E-state index in [2.05, 4.69) is 29.6 Å². The molecule has 2 N–H and O–H groups in total. The van der Waals surface area contributed by atoms with E-state index >= 15 is 0 Å². The lowest BCUT2D eigenvalue weighted by Gasteiger charge is -2.22. The number of nitrogens with one attached hydrogen (secondary N) is 2. The van der Waals surface area contributed by atoms with Crippen molar-refractivity contribution in [1.29, 1.82) is 0 Å². The molecule has 2 heterocycles. The van der Waals surface area contributed by atoms with Gasteiger partial charge < -0.3 is 10.6 Å². The molecular formula is C18H27ClN4O. The predicted octanol–water partition coefficient (Wildman–Crippen LogP) is 3.76. The first kappa shape index (κ1) is 18.7. The Labute approximate surface area is 149 Å². The van der Waals surface area contributed by atoms with Gasteiger partial charge in [-0.15, -0.1) is 12.4 Å². The minimum absolute atomic E-state index is 0. The Morgan fingerprint density at radius 3 is 2.83 bits per heavy atom. The van der Waals surface area contributed by atoms with E-state index in [1.165, 1.54) is 12.8 Å². The summed E-state index contributed by atoms with van der Waals surface area (Å²) in [7, 11) is 0. The third-order valence-corrected chi connectivity index (χ3v) is 4.61. The molecule has 0 saturated carbocycles. The number of hydrogen-bond acceptors (Lipinski definition) is 3. The van der Waals surface area contributed by atoms with Crippen LogP contribution in [0, 0.1) is 5.92 Å². The van der Waals surface area contributed by atoms with Crippen molar-refractivity contribution in [2.45, 2.75) is 45.6 Å². The molecular weight excluding hydrogens is 324 g/mol. The topological polar surface area (TPSA) is 59.0 Å². The van der Waals surface area contributed by atoms with Crippen molar-refractivity contribution in [1.82, 2.24) is 15.1 Å². The van der Waals surface area contributed by atoms with Crippen molar-refractivity contribution in [2.75, 3.05) is 18.4 Å². The number of amides is 1. The maximum atomic E-state index is 12.2. The zero-order chi connectivity index (χ0) is 16.2. The summed E-state index contributed by atoms with van der Waals surface area (Å²) in [5.41, 5.74) is 1.92. The lowest BCUT2D eigenvalue weighted by molar-refractivity contribution is -0.116. The highest BCUT2D eigenvalue weighted by atomic mass is 35.5. The van der Waals surface area contributed by atoms with Gasteiger partial charge >= 0.3 is 0 Å². The van der Waals surface area contributed by atoms with Gasteiger partial charge in [-0.1, -0.05) is 0 Å². The Morgan fingerprint density at radius 1 is 1.38 bits per heavy atom. The molecule has 1 aliphatic heterocycles. The summed E-state index contributed by atoms with van der Waals surface area (Å²) in [5.74, 6) is 0.797. The van der Waals surface area contributed by atoms with Gasteiger partial charge in [-0.3, -0.25) is 9.48 Å². The van der Waals surface area contributed by atoms with Crippen LogP contribution in [0.4, 0.5) is 5.69 Å². The van der Waals surface area contributed by atoms with Crippen LogP contribution in [0.2, 0.25) is 0 Å². The van der Waals surface area contributed by atoms with Gasteiger partial charge in [0.05, 0.1) is 11.7 Å². The molecule has 0 radical (unpaired) electrons. The largest absolute Gasteiger partial charge is 0.326 e. The maximum Gasteiger partial charge on any atom is 0.224 e. The van der Waals surface area contributed by atoms with Crippen LogP contribution in [0.1, 0.15) is 45.6 Å². The summed E-state index contributed by atoms with van der Waals surface area (Å²) >= 11 is 0. The number of hydrogen-bond donors (Lipinski definition) is 2. The summed E-state index contributed by atoms with van der Waals surface area (Å²) in [6.45, 7) is 6.39. The molecule has 1 amide bonds. The number of nitrogens with zero attached hydrogens (tertiary/aromatic N) is 2. The number of rotatable bonds is 5. The number of halogens is 1. The molecule has 6 heteroatoms. The number of benzene rings is 1. The summed E-state index contributed by atoms with van der Waals surface area (Å²) < 4.78 is 1.99. The lowest BCUT2D eigenvalue weighted by atomic mass is 9.93. The molecule has 1 saturated heterocycles. The molecule has 0 aliphatic carbocycles. The van der Waals surface area contributed by atoms with E-state index in [1.807, 2.05) is 29.1 Å². The van der Waals surface area contributed by atoms with E-state index < -0.39 is 0 Å². The van der Waals surface area contributed by atoms with Gasteiger partial charge in [0.2, 0.25) is 5.91 Å². The maximum absolute atomic E-state index is 12.2. The second-order valence-corrected chi connectivity index (χ2v) is 6.74. The van der Waals surface area contributed by atoms with Crippen LogP contribution in [-0.4, -0.2) is 28.8 Å². The SMILES string of the molecule is CC(C)n1ncc2ccc(NC(=O)CCC3CCNCC3)cc21.Cl. The molecule has 132 valence electrons. The predicted molar refractivity (Wildman–Crippen MR) is 101 cm³/mol. The van der Waals surface area contributed by atoms with E-state index in [1.54, 1.807) is 0 Å². The van der Waals surface area contributed by atoms with Crippen LogP contribution in [-0.2, 0) is 4.79 Å². The molecule has 3 rings (SSSR count). The van der Waals surface area contributed by atoms with Crippen molar-refractivity contribution in [3.63, 3.8) is 0 Å². The zero-order valence-electron chi connectivity index (χ0n) is 14.4. The van der Waals surface area contributed by atoms with E-state index in [-0.39, 0.29) is 18.3 Å². The van der Waals surface area contributed by atoms with Crippen molar-refractivity contribution >= 4 is 34.9 Å². The number of piperidine rings is 1. The van der Waals surface area contributed by atoms with E-state index in [0.717, 1.165) is 36.1 Å². The standard InChI is InChI=1S/C18H26N4O.ClH/c1-13(2)22-17-11-16(5-4-15(17)12-20-22)21-18(23)6-3-14-7-9-19-10-8-14;/h4-5,11-14,19H,3,6-10H2,1-2H3,(H,21,23);1H. The summed E-state index contributed by atoms with van der Waals surface area (Å²) in [5, 5.41) is 11.9. The van der Waals surface area contributed by atoms with E-state index in [0.29, 0.717) is 18.4 Å². The van der Waals surface area contributed by atoms with Crippen molar-refractivity contribution in [2.24, 2.45) is 5.92 Å². The monoisotopic (exact) mass is 350 g/mol. The first-order valence-corrected chi connectivity index (χ1v) is 8.61. The highest BCUT2D eigenvalue weighted by Gasteiger charge is 2.15. The molecule has 2 aromatic rings. The normalized spacial score (nSPS) is 15.5. The minimum Gasteiger partial charge on any atom is -0.326 e. The second-order valence-electron chi connectivity index (χ2n) is 6.74. The lowest BCUT2D eigenvalue weighted by Crippen LogP contribution is -2.28. The first-order valence-electron chi connectivity index (χ1n) is 8.61. The molecule has 1 aliphatic rings. The smallest absolute Gasteiger partial charge is 0.224 e. The second kappa shape index (κ2) is 8.49. The number of fused-ring (bicyclic) bond motifs is 1. The van der Waals surface area contributed by atoms with Crippen molar-refractivity contribution in [3.8, 4) is 0 Å². The van der Waals surface area contributed by atoms with Crippen LogP contribution in [0.25, 0.3) is 10.9 Å². The fourth-order valence-corrected chi connectivity index (χ4v) is 3.26. The molecule has 1 aromatic carbocycles. The summed E-state index contributed by atoms with van der Waals surface area (Å²) in [6, 6.07) is 6.30. The Kier molecular flexibility index (Phi) is 6.63. The van der Waals surface area contributed by atoms with Crippen LogP contribution < -0.4 is 10.6 Å². The Bertz CT molecular complexity index is 677. The minimum atomic E-state index is 0. The third kappa shape index (κ3) is 4.48. The molecule has 1 fully saturated rings. The number of carbonyl (C=O) groups is 1.